The first kappa shape index (κ1) is 18.4. The number of hydrogen-bond acceptors (Lipinski definition) is 5. The van der Waals surface area contributed by atoms with Crippen LogP contribution in [0.4, 0.5) is 0 Å². The van der Waals surface area contributed by atoms with Crippen LogP contribution in [0.15, 0.2) is 0 Å². The first-order chi connectivity index (χ1) is 12.0. The van der Waals surface area contributed by atoms with E-state index in [4.69, 9.17) is 10.5 Å². The van der Waals surface area contributed by atoms with Gasteiger partial charge in [-0.15, -0.1) is 0 Å². The minimum Gasteiger partial charge on any atom is -0.381 e. The standard InChI is InChI=1S/C18H31N5O2/c1-13-16(14(2)21(3)20-13)12-22-6-8-23(9-7-22)18(24)17(19)15-4-10-25-11-5-15/h15,17H,4-12,19H2,1-3H3. The Labute approximate surface area is 150 Å². The van der Waals surface area contributed by atoms with Crippen molar-refractivity contribution in [2.75, 3.05) is 39.4 Å². The van der Waals surface area contributed by atoms with Crippen molar-refractivity contribution in [3.63, 3.8) is 0 Å². The maximum absolute atomic E-state index is 12.7. The summed E-state index contributed by atoms with van der Waals surface area (Å²) in [6.07, 6.45) is 1.79. The summed E-state index contributed by atoms with van der Waals surface area (Å²) in [5.74, 6) is 0.375. The molecular weight excluding hydrogens is 318 g/mol. The van der Waals surface area contributed by atoms with Gasteiger partial charge in [0.25, 0.3) is 0 Å². The second kappa shape index (κ2) is 7.85. The van der Waals surface area contributed by atoms with Crippen molar-refractivity contribution in [1.29, 1.82) is 0 Å². The molecular formula is C18H31N5O2. The van der Waals surface area contributed by atoms with E-state index in [1.165, 1.54) is 11.3 Å². The molecule has 0 aliphatic carbocycles. The van der Waals surface area contributed by atoms with Crippen LogP contribution in [0.5, 0.6) is 0 Å². The third-order valence-electron chi connectivity index (χ3n) is 5.78. The lowest BCUT2D eigenvalue weighted by atomic mass is 9.91. The topological polar surface area (TPSA) is 76.6 Å². The van der Waals surface area contributed by atoms with Crippen molar-refractivity contribution in [1.82, 2.24) is 19.6 Å². The number of rotatable bonds is 4. The van der Waals surface area contributed by atoms with E-state index < -0.39 is 0 Å². The van der Waals surface area contributed by atoms with Crippen molar-refractivity contribution in [2.24, 2.45) is 18.7 Å². The number of ether oxygens (including phenoxy) is 1. The zero-order valence-corrected chi connectivity index (χ0v) is 15.7. The Morgan fingerprint density at radius 1 is 1.24 bits per heavy atom. The van der Waals surface area contributed by atoms with E-state index in [1.807, 2.05) is 16.6 Å². The number of amides is 1. The van der Waals surface area contributed by atoms with E-state index in [1.54, 1.807) is 0 Å². The zero-order chi connectivity index (χ0) is 18.0. The van der Waals surface area contributed by atoms with Gasteiger partial charge in [-0.25, -0.2) is 0 Å². The van der Waals surface area contributed by atoms with Crippen LogP contribution in [0, 0.1) is 19.8 Å². The number of aryl methyl sites for hydroxylation is 2. The molecule has 3 rings (SSSR count). The lowest BCUT2D eigenvalue weighted by Gasteiger charge is -2.37. The fourth-order valence-electron chi connectivity index (χ4n) is 3.88. The largest absolute Gasteiger partial charge is 0.381 e. The maximum atomic E-state index is 12.7. The molecule has 25 heavy (non-hydrogen) atoms. The predicted octanol–water partition coefficient (Wildman–Crippen LogP) is 0.435. The van der Waals surface area contributed by atoms with Crippen molar-refractivity contribution >= 4 is 5.91 Å². The van der Waals surface area contributed by atoms with E-state index >= 15 is 0 Å². The molecule has 2 aliphatic heterocycles. The molecule has 1 aromatic heterocycles. The molecule has 0 radical (unpaired) electrons. The molecule has 2 fully saturated rings. The monoisotopic (exact) mass is 349 g/mol. The number of nitrogens with zero attached hydrogens (tertiary/aromatic N) is 4. The lowest BCUT2D eigenvalue weighted by molar-refractivity contribution is -0.136. The Bertz CT molecular complexity index is 601. The fraction of sp³-hybridized carbons (Fsp3) is 0.778. The van der Waals surface area contributed by atoms with Gasteiger partial charge in [-0.1, -0.05) is 0 Å². The number of hydrogen-bond donors (Lipinski definition) is 1. The molecule has 1 amide bonds. The van der Waals surface area contributed by atoms with Crippen molar-refractivity contribution in [2.45, 2.75) is 39.3 Å². The van der Waals surface area contributed by atoms with Crippen molar-refractivity contribution in [3.05, 3.63) is 17.0 Å². The van der Waals surface area contributed by atoms with Crippen LogP contribution in [0.25, 0.3) is 0 Å². The molecule has 1 aromatic rings. The number of aromatic nitrogens is 2. The van der Waals surface area contributed by atoms with Gasteiger partial charge < -0.3 is 15.4 Å². The third kappa shape index (κ3) is 4.04. The average Bonchev–Trinajstić information content (AvgIpc) is 2.88. The molecule has 3 heterocycles. The van der Waals surface area contributed by atoms with Gasteiger partial charge >= 0.3 is 0 Å². The summed E-state index contributed by atoms with van der Waals surface area (Å²) in [5.41, 5.74) is 9.88. The van der Waals surface area contributed by atoms with Crippen LogP contribution in [0.3, 0.4) is 0 Å². The Kier molecular flexibility index (Phi) is 5.76. The Hall–Kier alpha value is -1.44. The summed E-state index contributed by atoms with van der Waals surface area (Å²) < 4.78 is 7.31. The molecule has 0 spiro atoms. The van der Waals surface area contributed by atoms with Gasteiger partial charge in [0.05, 0.1) is 11.7 Å². The fourth-order valence-corrected chi connectivity index (χ4v) is 3.88. The van der Waals surface area contributed by atoms with Gasteiger partial charge in [-0.05, 0) is 32.6 Å². The summed E-state index contributed by atoms with van der Waals surface area (Å²) in [6, 6.07) is -0.377. The van der Waals surface area contributed by atoms with Gasteiger partial charge in [-0.2, -0.15) is 5.10 Å². The molecule has 0 aromatic carbocycles. The van der Waals surface area contributed by atoms with E-state index in [0.29, 0.717) is 0 Å². The highest BCUT2D eigenvalue weighted by molar-refractivity contribution is 5.82. The van der Waals surface area contributed by atoms with E-state index in [0.717, 1.165) is 64.5 Å². The second-order valence-corrected chi connectivity index (χ2v) is 7.35. The molecule has 0 saturated carbocycles. The van der Waals surface area contributed by atoms with Gasteiger partial charge in [0.15, 0.2) is 0 Å². The van der Waals surface area contributed by atoms with Crippen molar-refractivity contribution < 1.29 is 9.53 Å². The molecule has 0 bridgehead atoms. The van der Waals surface area contributed by atoms with Gasteiger partial charge in [0.2, 0.25) is 5.91 Å². The molecule has 2 aliphatic rings. The van der Waals surface area contributed by atoms with Crippen LogP contribution in [-0.4, -0.2) is 70.9 Å². The molecule has 2 N–H and O–H groups in total. The summed E-state index contributed by atoms with van der Waals surface area (Å²) in [5, 5.41) is 4.49. The van der Waals surface area contributed by atoms with Crippen LogP contribution >= 0.6 is 0 Å². The summed E-state index contributed by atoms with van der Waals surface area (Å²) in [6.45, 7) is 9.82. The number of carbonyl (C=O) groups excluding carboxylic acids is 1. The molecule has 7 heteroatoms. The van der Waals surface area contributed by atoms with Crippen LogP contribution < -0.4 is 5.73 Å². The Morgan fingerprint density at radius 2 is 1.88 bits per heavy atom. The third-order valence-corrected chi connectivity index (χ3v) is 5.78. The van der Waals surface area contributed by atoms with Gasteiger partial charge in [0, 0.05) is 64.2 Å². The summed E-state index contributed by atoms with van der Waals surface area (Å²) in [4.78, 5) is 17.0. The smallest absolute Gasteiger partial charge is 0.239 e. The second-order valence-electron chi connectivity index (χ2n) is 7.35. The first-order valence-electron chi connectivity index (χ1n) is 9.31. The number of carbonyl (C=O) groups is 1. The van der Waals surface area contributed by atoms with Gasteiger partial charge in [-0.3, -0.25) is 14.4 Å². The maximum Gasteiger partial charge on any atom is 0.239 e. The van der Waals surface area contributed by atoms with Crippen LogP contribution in [-0.2, 0) is 23.1 Å². The van der Waals surface area contributed by atoms with Crippen LogP contribution in [0.2, 0.25) is 0 Å². The van der Waals surface area contributed by atoms with Gasteiger partial charge in [0.1, 0.15) is 0 Å². The normalized spacial score (nSPS) is 21.5. The lowest BCUT2D eigenvalue weighted by Crippen LogP contribution is -2.55. The molecule has 7 nitrogen and oxygen atoms in total. The van der Waals surface area contributed by atoms with E-state index in [9.17, 15) is 4.79 Å². The quantitative estimate of drug-likeness (QED) is 0.853. The first-order valence-corrected chi connectivity index (χ1v) is 9.31. The highest BCUT2D eigenvalue weighted by Crippen LogP contribution is 2.20. The molecule has 2 saturated heterocycles. The minimum absolute atomic E-state index is 0.111. The van der Waals surface area contributed by atoms with Crippen LogP contribution in [0.1, 0.15) is 29.8 Å². The molecule has 1 atom stereocenters. The number of piperazine rings is 1. The van der Waals surface area contributed by atoms with E-state index in [2.05, 4.69) is 23.8 Å². The Morgan fingerprint density at radius 3 is 2.44 bits per heavy atom. The molecule has 140 valence electrons. The SMILES string of the molecule is Cc1nn(C)c(C)c1CN1CCN(C(=O)C(N)C2CCOCC2)CC1. The predicted molar refractivity (Wildman–Crippen MR) is 96.1 cm³/mol. The minimum atomic E-state index is -0.377. The van der Waals surface area contributed by atoms with E-state index in [-0.39, 0.29) is 17.9 Å². The highest BCUT2D eigenvalue weighted by atomic mass is 16.5. The zero-order valence-electron chi connectivity index (χ0n) is 15.7. The molecule has 1 unspecified atom stereocenters. The number of nitrogens with two attached hydrogens (primary N) is 1. The Balaban J connectivity index is 1.52. The summed E-state index contributed by atoms with van der Waals surface area (Å²) >= 11 is 0. The average molecular weight is 349 g/mol. The summed E-state index contributed by atoms with van der Waals surface area (Å²) in [7, 11) is 1.99. The van der Waals surface area contributed by atoms with Crippen molar-refractivity contribution in [3.8, 4) is 0 Å². The highest BCUT2D eigenvalue weighted by Gasteiger charge is 2.31.